The number of hydrogen-bond acceptors (Lipinski definition) is 4. The third-order valence-corrected chi connectivity index (χ3v) is 4.37. The molecule has 2 N–H and O–H groups in total. The second-order valence-corrected chi connectivity index (χ2v) is 6.58. The first-order valence-corrected chi connectivity index (χ1v) is 8.30. The molecule has 21 heavy (non-hydrogen) atoms. The molecule has 2 atom stereocenters. The molecule has 2 rings (SSSR count). The van der Waals surface area contributed by atoms with Gasteiger partial charge in [-0.1, -0.05) is 0 Å². The van der Waals surface area contributed by atoms with E-state index in [0.29, 0.717) is 25.7 Å². The monoisotopic (exact) mass is 299 g/mol. The van der Waals surface area contributed by atoms with Crippen LogP contribution in [-0.2, 0) is 14.3 Å². The minimum absolute atomic E-state index is 0.263. The third kappa shape index (κ3) is 5.93. The van der Waals surface area contributed by atoms with Crippen molar-refractivity contribution in [3.8, 4) is 0 Å². The van der Waals surface area contributed by atoms with Crippen molar-refractivity contribution in [2.45, 2.75) is 76.0 Å². The Morgan fingerprint density at radius 1 is 1.33 bits per heavy atom. The summed E-state index contributed by atoms with van der Waals surface area (Å²) in [6.07, 6.45) is 8.40. The van der Waals surface area contributed by atoms with Gasteiger partial charge in [-0.25, -0.2) is 0 Å². The molecule has 0 bridgehead atoms. The van der Waals surface area contributed by atoms with Gasteiger partial charge in [0.2, 0.25) is 0 Å². The summed E-state index contributed by atoms with van der Waals surface area (Å²) in [7, 11) is 0. The van der Waals surface area contributed by atoms with Crippen LogP contribution in [0.25, 0.3) is 0 Å². The highest BCUT2D eigenvalue weighted by Gasteiger charge is 2.37. The van der Waals surface area contributed by atoms with E-state index in [1.54, 1.807) is 6.92 Å². The zero-order valence-electron chi connectivity index (χ0n) is 13.1. The van der Waals surface area contributed by atoms with Gasteiger partial charge in [-0.2, -0.15) is 0 Å². The Hall–Kier alpha value is -0.650. The van der Waals surface area contributed by atoms with Gasteiger partial charge in [0.1, 0.15) is 5.54 Å². The third-order valence-electron chi connectivity index (χ3n) is 4.37. The van der Waals surface area contributed by atoms with Crippen molar-refractivity contribution in [3.05, 3.63) is 0 Å². The maximum Gasteiger partial charge on any atom is 0.323 e. The highest BCUT2D eigenvalue weighted by atomic mass is 16.5. The molecule has 1 aliphatic heterocycles. The average molecular weight is 299 g/mol. The maximum atomic E-state index is 11.4. The van der Waals surface area contributed by atoms with Gasteiger partial charge in [0.05, 0.1) is 12.7 Å². The van der Waals surface area contributed by atoms with Crippen LogP contribution in [0.2, 0.25) is 0 Å². The van der Waals surface area contributed by atoms with E-state index in [1.165, 1.54) is 6.42 Å². The second kappa shape index (κ2) is 8.11. The number of carbonyl (C=O) groups is 1. The molecular formula is C16H29NO4. The van der Waals surface area contributed by atoms with Crippen molar-refractivity contribution < 1.29 is 19.4 Å². The summed E-state index contributed by atoms with van der Waals surface area (Å²) < 4.78 is 11.3. The summed E-state index contributed by atoms with van der Waals surface area (Å²) >= 11 is 0. The van der Waals surface area contributed by atoms with Crippen molar-refractivity contribution in [2.24, 2.45) is 0 Å². The Labute approximate surface area is 127 Å². The highest BCUT2D eigenvalue weighted by molar-refractivity contribution is 5.78. The first-order valence-electron chi connectivity index (χ1n) is 8.30. The minimum atomic E-state index is -0.784. The molecule has 0 radical (unpaired) electrons. The van der Waals surface area contributed by atoms with Crippen LogP contribution in [0, 0.1) is 0 Å². The molecule has 0 amide bonds. The summed E-state index contributed by atoms with van der Waals surface area (Å²) in [5.41, 5.74) is -0.784. The number of carboxylic acid groups (broad SMARTS) is 1. The van der Waals surface area contributed by atoms with Crippen molar-refractivity contribution in [3.63, 3.8) is 0 Å². The fraction of sp³-hybridized carbons (Fsp3) is 0.938. The second-order valence-electron chi connectivity index (χ2n) is 6.58. The molecule has 122 valence electrons. The van der Waals surface area contributed by atoms with Crippen LogP contribution in [0.3, 0.4) is 0 Å². The molecule has 0 aromatic heterocycles. The van der Waals surface area contributed by atoms with Crippen LogP contribution in [0.15, 0.2) is 0 Å². The fourth-order valence-corrected chi connectivity index (χ4v) is 2.76. The normalized spacial score (nSPS) is 25.5. The van der Waals surface area contributed by atoms with Gasteiger partial charge in [0.15, 0.2) is 0 Å². The van der Waals surface area contributed by atoms with Gasteiger partial charge in [0, 0.05) is 19.3 Å². The van der Waals surface area contributed by atoms with Gasteiger partial charge in [-0.3, -0.25) is 10.1 Å². The van der Waals surface area contributed by atoms with E-state index in [2.05, 4.69) is 5.32 Å². The van der Waals surface area contributed by atoms with E-state index in [1.807, 2.05) is 0 Å². The molecule has 1 saturated heterocycles. The van der Waals surface area contributed by atoms with Crippen LogP contribution in [0.1, 0.15) is 58.3 Å². The van der Waals surface area contributed by atoms with Gasteiger partial charge in [-0.05, 0) is 58.3 Å². The standard InChI is InChI=1S/C16H29NO4/c1-16(15(18)19,17-13-7-8-13)9-3-5-10-20-12-14-6-2-4-11-21-14/h13-14,17H,2-12H2,1H3,(H,18,19). The lowest BCUT2D eigenvalue weighted by atomic mass is 9.95. The molecular weight excluding hydrogens is 270 g/mol. The Balaban J connectivity index is 1.53. The molecule has 2 aliphatic rings. The number of ether oxygens (including phenoxy) is 2. The van der Waals surface area contributed by atoms with Crippen molar-refractivity contribution in [1.82, 2.24) is 5.32 Å². The Kier molecular flexibility index (Phi) is 6.45. The number of nitrogens with one attached hydrogen (secondary N) is 1. The van der Waals surface area contributed by atoms with Crippen LogP contribution >= 0.6 is 0 Å². The van der Waals surface area contributed by atoms with Crippen LogP contribution in [0.5, 0.6) is 0 Å². The number of hydrogen-bond donors (Lipinski definition) is 2. The van der Waals surface area contributed by atoms with Gasteiger partial charge in [-0.15, -0.1) is 0 Å². The first-order chi connectivity index (χ1) is 10.1. The Morgan fingerprint density at radius 3 is 2.76 bits per heavy atom. The van der Waals surface area contributed by atoms with Crippen LogP contribution in [0.4, 0.5) is 0 Å². The molecule has 5 heteroatoms. The summed E-state index contributed by atoms with van der Waals surface area (Å²) in [6.45, 7) is 4.03. The van der Waals surface area contributed by atoms with E-state index in [4.69, 9.17) is 9.47 Å². The predicted octanol–water partition coefficient (Wildman–Crippen LogP) is 2.34. The molecule has 2 fully saturated rings. The summed E-state index contributed by atoms with van der Waals surface area (Å²) in [5, 5.41) is 12.6. The smallest absolute Gasteiger partial charge is 0.323 e. The predicted molar refractivity (Wildman–Crippen MR) is 80.5 cm³/mol. The Morgan fingerprint density at radius 2 is 2.14 bits per heavy atom. The molecule has 1 saturated carbocycles. The maximum absolute atomic E-state index is 11.4. The van der Waals surface area contributed by atoms with Crippen molar-refractivity contribution >= 4 is 5.97 Å². The lowest BCUT2D eigenvalue weighted by Crippen LogP contribution is -2.50. The van der Waals surface area contributed by atoms with E-state index < -0.39 is 11.5 Å². The van der Waals surface area contributed by atoms with E-state index >= 15 is 0 Å². The summed E-state index contributed by atoms with van der Waals surface area (Å²) in [4.78, 5) is 11.4. The molecule has 1 heterocycles. The molecule has 0 aromatic rings. The number of aliphatic carboxylic acids is 1. The SMILES string of the molecule is CC(CCCCOCC1CCCCO1)(NC1CC1)C(=O)O. The number of rotatable bonds is 10. The van der Waals surface area contributed by atoms with E-state index in [0.717, 1.165) is 45.1 Å². The summed E-state index contributed by atoms with van der Waals surface area (Å²) in [5.74, 6) is -0.745. The van der Waals surface area contributed by atoms with Crippen LogP contribution < -0.4 is 5.32 Å². The quantitative estimate of drug-likeness (QED) is 0.606. The number of carboxylic acids is 1. The van der Waals surface area contributed by atoms with Gasteiger partial charge in [0.25, 0.3) is 0 Å². The van der Waals surface area contributed by atoms with E-state index in [-0.39, 0.29) is 6.10 Å². The Bertz CT molecular complexity index is 326. The zero-order valence-corrected chi connectivity index (χ0v) is 13.1. The van der Waals surface area contributed by atoms with Crippen molar-refractivity contribution in [1.29, 1.82) is 0 Å². The average Bonchev–Trinajstić information content (AvgIpc) is 3.27. The van der Waals surface area contributed by atoms with Crippen molar-refractivity contribution in [2.75, 3.05) is 19.8 Å². The number of unbranched alkanes of at least 4 members (excludes halogenated alkanes) is 1. The molecule has 5 nitrogen and oxygen atoms in total. The van der Waals surface area contributed by atoms with Crippen LogP contribution in [-0.4, -0.2) is 48.6 Å². The molecule has 2 unspecified atom stereocenters. The van der Waals surface area contributed by atoms with Gasteiger partial charge >= 0.3 is 5.97 Å². The zero-order chi connectivity index (χ0) is 15.1. The van der Waals surface area contributed by atoms with E-state index in [9.17, 15) is 9.90 Å². The lowest BCUT2D eigenvalue weighted by molar-refractivity contribution is -0.144. The molecule has 1 aliphatic carbocycles. The molecule has 0 aromatic carbocycles. The largest absolute Gasteiger partial charge is 0.480 e. The molecule has 0 spiro atoms. The topological polar surface area (TPSA) is 67.8 Å². The highest BCUT2D eigenvalue weighted by Crippen LogP contribution is 2.25. The fourth-order valence-electron chi connectivity index (χ4n) is 2.76. The summed E-state index contributed by atoms with van der Waals surface area (Å²) in [6, 6.07) is 0.408. The minimum Gasteiger partial charge on any atom is -0.480 e. The van der Waals surface area contributed by atoms with Gasteiger partial charge < -0.3 is 14.6 Å². The lowest BCUT2D eigenvalue weighted by Gasteiger charge is -2.26. The first kappa shape index (κ1) is 16.7.